The summed E-state index contributed by atoms with van der Waals surface area (Å²) in [6.07, 6.45) is 3.53. The quantitative estimate of drug-likeness (QED) is 0.619. The first kappa shape index (κ1) is 17.9. The predicted octanol–water partition coefficient (Wildman–Crippen LogP) is 4.77. The van der Waals surface area contributed by atoms with Crippen molar-refractivity contribution < 1.29 is 9.53 Å². The van der Waals surface area contributed by atoms with Crippen molar-refractivity contribution in [2.75, 3.05) is 19.0 Å². The third-order valence-electron chi connectivity index (χ3n) is 4.48. The number of nitrogens with one attached hydrogen (secondary N) is 1. The van der Waals surface area contributed by atoms with Crippen LogP contribution in [0.3, 0.4) is 0 Å². The first-order chi connectivity index (χ1) is 12.1. The maximum Gasteiger partial charge on any atom is 0.340 e. The standard InChI is InChI=1S/C19H22N2O2S2/c1-13-8-6-7-11-21(13)19(24)20-17-15(18(22)23-2)12-16(25-17)14-9-4-3-5-10-14/h3-5,9-10,12-13H,6-8,11H2,1-2H3,(H,20,24). The molecule has 2 aromatic rings. The maximum absolute atomic E-state index is 12.2. The SMILES string of the molecule is COC(=O)c1cc(-c2ccccc2)sc1NC(=S)N1CCCCC1C. The van der Waals surface area contributed by atoms with Gasteiger partial charge in [-0.1, -0.05) is 30.3 Å². The van der Waals surface area contributed by atoms with Crippen LogP contribution < -0.4 is 5.32 Å². The van der Waals surface area contributed by atoms with Gasteiger partial charge in [0.1, 0.15) is 5.00 Å². The van der Waals surface area contributed by atoms with Crippen molar-refractivity contribution in [1.82, 2.24) is 4.90 Å². The molecule has 0 amide bonds. The Morgan fingerprint density at radius 3 is 2.76 bits per heavy atom. The monoisotopic (exact) mass is 374 g/mol. The molecule has 25 heavy (non-hydrogen) atoms. The molecule has 1 aliphatic heterocycles. The van der Waals surface area contributed by atoms with Crippen molar-refractivity contribution in [2.24, 2.45) is 0 Å². The van der Waals surface area contributed by atoms with Crippen LogP contribution in [0.1, 0.15) is 36.5 Å². The molecule has 1 aromatic heterocycles. The summed E-state index contributed by atoms with van der Waals surface area (Å²) in [4.78, 5) is 15.4. The van der Waals surface area contributed by atoms with Gasteiger partial charge in [-0.2, -0.15) is 0 Å². The van der Waals surface area contributed by atoms with E-state index in [9.17, 15) is 4.79 Å². The second kappa shape index (κ2) is 7.97. The lowest BCUT2D eigenvalue weighted by molar-refractivity contribution is 0.0602. The number of benzene rings is 1. The Labute approximate surface area is 157 Å². The number of thiocarbonyl (C=S) groups is 1. The van der Waals surface area contributed by atoms with Crippen molar-refractivity contribution in [3.05, 3.63) is 42.0 Å². The molecule has 1 N–H and O–H groups in total. The molecule has 1 fully saturated rings. The van der Waals surface area contributed by atoms with E-state index in [1.54, 1.807) is 0 Å². The Hall–Kier alpha value is -1.92. The zero-order valence-corrected chi connectivity index (χ0v) is 16.1. The highest BCUT2D eigenvalue weighted by atomic mass is 32.1. The smallest absolute Gasteiger partial charge is 0.340 e. The topological polar surface area (TPSA) is 41.6 Å². The van der Waals surface area contributed by atoms with Crippen LogP contribution in [0.2, 0.25) is 0 Å². The summed E-state index contributed by atoms with van der Waals surface area (Å²) in [5.41, 5.74) is 1.60. The summed E-state index contributed by atoms with van der Waals surface area (Å²) < 4.78 is 4.95. The fraction of sp³-hybridized carbons (Fsp3) is 0.368. The van der Waals surface area contributed by atoms with Gasteiger partial charge in [0.2, 0.25) is 0 Å². The normalized spacial score (nSPS) is 17.2. The number of nitrogens with zero attached hydrogens (tertiary/aromatic N) is 1. The van der Waals surface area contributed by atoms with E-state index >= 15 is 0 Å². The lowest BCUT2D eigenvalue weighted by Gasteiger charge is -2.35. The summed E-state index contributed by atoms with van der Waals surface area (Å²) in [5, 5.41) is 4.71. The molecule has 1 unspecified atom stereocenters. The summed E-state index contributed by atoms with van der Waals surface area (Å²) in [6, 6.07) is 12.3. The Balaban J connectivity index is 1.87. The average Bonchev–Trinajstić information content (AvgIpc) is 3.06. The van der Waals surface area contributed by atoms with Crippen LogP contribution in [0.4, 0.5) is 5.00 Å². The largest absolute Gasteiger partial charge is 0.465 e. The highest BCUT2D eigenvalue weighted by Gasteiger charge is 2.23. The number of esters is 1. The zero-order valence-electron chi connectivity index (χ0n) is 14.5. The third-order valence-corrected chi connectivity index (χ3v) is 5.92. The van der Waals surface area contributed by atoms with Gasteiger partial charge < -0.3 is 15.0 Å². The first-order valence-corrected chi connectivity index (χ1v) is 9.68. The van der Waals surface area contributed by atoms with Gasteiger partial charge in [0.15, 0.2) is 5.11 Å². The molecular weight excluding hydrogens is 352 g/mol. The van der Waals surface area contributed by atoms with Crippen LogP contribution in [0.5, 0.6) is 0 Å². The van der Waals surface area contributed by atoms with Gasteiger partial charge in [-0.15, -0.1) is 11.3 Å². The Morgan fingerprint density at radius 2 is 2.08 bits per heavy atom. The molecule has 0 radical (unpaired) electrons. The molecule has 1 aromatic carbocycles. The number of ether oxygens (including phenoxy) is 1. The van der Waals surface area contributed by atoms with Gasteiger partial charge in [0.25, 0.3) is 0 Å². The molecule has 0 saturated carbocycles. The van der Waals surface area contributed by atoms with Gasteiger partial charge in [-0.3, -0.25) is 0 Å². The van der Waals surface area contributed by atoms with E-state index in [1.807, 2.05) is 36.4 Å². The third kappa shape index (κ3) is 4.02. The Bertz CT molecular complexity index is 758. The second-order valence-electron chi connectivity index (χ2n) is 6.18. The van der Waals surface area contributed by atoms with Crippen LogP contribution >= 0.6 is 23.6 Å². The van der Waals surface area contributed by atoms with Gasteiger partial charge in [0, 0.05) is 17.5 Å². The van der Waals surface area contributed by atoms with Crippen molar-refractivity contribution in [3.8, 4) is 10.4 Å². The van der Waals surface area contributed by atoms with E-state index in [1.165, 1.54) is 24.9 Å². The van der Waals surface area contributed by atoms with Crippen LogP contribution in [0.15, 0.2) is 36.4 Å². The molecular formula is C19H22N2O2S2. The molecule has 1 aliphatic rings. The number of likely N-dealkylation sites (tertiary alicyclic amines) is 1. The van der Waals surface area contributed by atoms with Crippen molar-refractivity contribution in [1.29, 1.82) is 0 Å². The summed E-state index contributed by atoms with van der Waals surface area (Å²) in [5.74, 6) is -0.351. The van der Waals surface area contributed by atoms with Crippen molar-refractivity contribution in [3.63, 3.8) is 0 Å². The van der Waals surface area contributed by atoms with E-state index in [0.717, 1.165) is 34.8 Å². The molecule has 0 spiro atoms. The summed E-state index contributed by atoms with van der Waals surface area (Å²) >= 11 is 7.13. The summed E-state index contributed by atoms with van der Waals surface area (Å²) in [7, 11) is 1.40. The predicted molar refractivity (Wildman–Crippen MR) is 107 cm³/mol. The van der Waals surface area contributed by atoms with E-state index in [2.05, 4.69) is 17.1 Å². The molecule has 1 saturated heterocycles. The molecule has 0 bridgehead atoms. The number of carbonyl (C=O) groups is 1. The number of piperidine rings is 1. The molecule has 1 atom stereocenters. The van der Waals surface area contributed by atoms with E-state index < -0.39 is 0 Å². The van der Waals surface area contributed by atoms with E-state index in [4.69, 9.17) is 17.0 Å². The van der Waals surface area contributed by atoms with Crippen LogP contribution in [-0.4, -0.2) is 35.7 Å². The van der Waals surface area contributed by atoms with Gasteiger partial charge in [-0.25, -0.2) is 4.79 Å². The van der Waals surface area contributed by atoms with Crippen molar-refractivity contribution >= 4 is 39.6 Å². The lowest BCUT2D eigenvalue weighted by Crippen LogP contribution is -2.44. The van der Waals surface area contributed by atoms with Crippen LogP contribution in [0.25, 0.3) is 10.4 Å². The minimum atomic E-state index is -0.351. The Kier molecular flexibility index (Phi) is 5.71. The van der Waals surface area contributed by atoms with Crippen LogP contribution in [0, 0.1) is 0 Å². The molecule has 4 nitrogen and oxygen atoms in total. The minimum Gasteiger partial charge on any atom is -0.465 e. The first-order valence-electron chi connectivity index (χ1n) is 8.45. The highest BCUT2D eigenvalue weighted by Crippen LogP contribution is 2.36. The number of carbonyl (C=O) groups excluding carboxylic acids is 1. The number of rotatable bonds is 3. The molecule has 3 rings (SSSR count). The summed E-state index contributed by atoms with van der Waals surface area (Å²) in [6.45, 7) is 3.15. The average molecular weight is 375 g/mol. The second-order valence-corrected chi connectivity index (χ2v) is 7.62. The molecule has 0 aliphatic carbocycles. The molecule has 6 heteroatoms. The minimum absolute atomic E-state index is 0.351. The van der Waals surface area contributed by atoms with Gasteiger partial charge >= 0.3 is 5.97 Å². The number of anilines is 1. The number of hydrogen-bond acceptors (Lipinski definition) is 4. The van der Waals surface area contributed by atoms with Gasteiger partial charge in [-0.05, 0) is 50.0 Å². The maximum atomic E-state index is 12.2. The van der Waals surface area contributed by atoms with Crippen molar-refractivity contribution in [2.45, 2.75) is 32.2 Å². The zero-order chi connectivity index (χ0) is 17.8. The Morgan fingerprint density at radius 1 is 1.32 bits per heavy atom. The lowest BCUT2D eigenvalue weighted by atomic mass is 10.0. The highest BCUT2D eigenvalue weighted by molar-refractivity contribution is 7.80. The fourth-order valence-electron chi connectivity index (χ4n) is 3.06. The fourth-order valence-corrected chi connectivity index (χ4v) is 4.55. The van der Waals surface area contributed by atoms with Crippen LogP contribution in [-0.2, 0) is 4.74 Å². The van der Waals surface area contributed by atoms with E-state index in [-0.39, 0.29) is 5.97 Å². The molecule has 2 heterocycles. The number of thiophene rings is 1. The number of hydrogen-bond donors (Lipinski definition) is 1. The van der Waals surface area contributed by atoms with E-state index in [0.29, 0.717) is 16.7 Å². The molecule has 132 valence electrons. The number of methoxy groups -OCH3 is 1. The van der Waals surface area contributed by atoms with Gasteiger partial charge in [0.05, 0.1) is 12.7 Å².